The monoisotopic (exact) mass is 223 g/mol. The molecule has 2 unspecified atom stereocenters. The quantitative estimate of drug-likeness (QED) is 0.806. The molecule has 0 saturated carbocycles. The molecule has 2 N–H and O–H groups in total. The van der Waals surface area contributed by atoms with Gasteiger partial charge in [0.2, 0.25) is 0 Å². The third kappa shape index (κ3) is 3.83. The van der Waals surface area contributed by atoms with Gasteiger partial charge in [-0.15, -0.1) is 0 Å². The number of methoxy groups -OCH3 is 1. The summed E-state index contributed by atoms with van der Waals surface area (Å²) in [7, 11) is 1.68. The summed E-state index contributed by atoms with van der Waals surface area (Å²) in [6.45, 7) is 4.62. The van der Waals surface area contributed by atoms with Crippen molar-refractivity contribution in [1.82, 2.24) is 0 Å². The van der Waals surface area contributed by atoms with Crippen LogP contribution in [0.4, 0.5) is 0 Å². The lowest BCUT2D eigenvalue weighted by Crippen LogP contribution is -2.16. The molecule has 0 aliphatic carbocycles. The van der Waals surface area contributed by atoms with Gasteiger partial charge in [0, 0.05) is 13.2 Å². The molecule has 90 valence electrons. The zero-order valence-electron chi connectivity index (χ0n) is 10.3. The molecule has 1 aromatic rings. The molecule has 0 aliphatic heterocycles. The zero-order chi connectivity index (χ0) is 12.0. The van der Waals surface area contributed by atoms with Gasteiger partial charge in [-0.05, 0) is 31.0 Å². The predicted octanol–water partition coefficient (Wildman–Crippen LogP) is 2.51. The molecule has 0 spiro atoms. The molecule has 0 amide bonds. The number of hydrogen-bond donors (Lipinski definition) is 1. The normalized spacial score (nSPS) is 14.5. The first-order chi connectivity index (χ1) is 7.67. The topological polar surface area (TPSA) is 44.5 Å². The molecule has 3 nitrogen and oxygen atoms in total. The SMILES string of the molecule is CCC(N)c1ccc(OCC(C)OC)cc1. The molecule has 0 heterocycles. The Kier molecular flexibility index (Phi) is 5.29. The predicted molar refractivity (Wildman–Crippen MR) is 65.6 cm³/mol. The van der Waals surface area contributed by atoms with E-state index in [2.05, 4.69) is 6.92 Å². The van der Waals surface area contributed by atoms with Crippen molar-refractivity contribution in [2.75, 3.05) is 13.7 Å². The summed E-state index contributed by atoms with van der Waals surface area (Å²) in [6.07, 6.45) is 1.05. The molecule has 2 atom stereocenters. The fourth-order valence-corrected chi connectivity index (χ4v) is 1.33. The fourth-order valence-electron chi connectivity index (χ4n) is 1.33. The Morgan fingerprint density at radius 1 is 1.25 bits per heavy atom. The third-order valence-corrected chi connectivity index (χ3v) is 2.64. The molecule has 1 rings (SSSR count). The maximum absolute atomic E-state index is 5.93. The Hall–Kier alpha value is -1.06. The van der Waals surface area contributed by atoms with E-state index in [4.69, 9.17) is 15.2 Å². The van der Waals surface area contributed by atoms with Crippen LogP contribution in [-0.2, 0) is 4.74 Å². The van der Waals surface area contributed by atoms with Crippen LogP contribution in [-0.4, -0.2) is 19.8 Å². The minimum absolute atomic E-state index is 0.109. The molecule has 16 heavy (non-hydrogen) atoms. The highest BCUT2D eigenvalue weighted by Gasteiger charge is 2.04. The second-order valence-electron chi connectivity index (χ2n) is 3.94. The molecule has 0 fully saturated rings. The van der Waals surface area contributed by atoms with E-state index in [-0.39, 0.29) is 12.1 Å². The molecular formula is C13H21NO2. The lowest BCUT2D eigenvalue weighted by Gasteiger charge is -2.13. The molecule has 0 bridgehead atoms. The fraction of sp³-hybridized carbons (Fsp3) is 0.538. The number of ether oxygens (including phenoxy) is 2. The highest BCUT2D eigenvalue weighted by atomic mass is 16.5. The number of benzene rings is 1. The van der Waals surface area contributed by atoms with Gasteiger partial charge in [0.15, 0.2) is 0 Å². The van der Waals surface area contributed by atoms with Crippen molar-refractivity contribution in [2.45, 2.75) is 32.4 Å². The highest BCUT2D eigenvalue weighted by molar-refractivity contribution is 5.28. The van der Waals surface area contributed by atoms with E-state index >= 15 is 0 Å². The standard InChI is InChI=1S/C13H21NO2/c1-4-13(14)11-5-7-12(8-6-11)16-9-10(2)15-3/h5-8,10,13H,4,9,14H2,1-3H3. The first-order valence-electron chi connectivity index (χ1n) is 5.68. The Labute approximate surface area is 97.6 Å². The Morgan fingerprint density at radius 2 is 1.88 bits per heavy atom. The van der Waals surface area contributed by atoms with Crippen LogP contribution < -0.4 is 10.5 Å². The lowest BCUT2D eigenvalue weighted by atomic mass is 10.1. The van der Waals surface area contributed by atoms with E-state index in [9.17, 15) is 0 Å². The van der Waals surface area contributed by atoms with Crippen molar-refractivity contribution in [2.24, 2.45) is 5.73 Å². The van der Waals surface area contributed by atoms with Gasteiger partial charge >= 0.3 is 0 Å². The van der Waals surface area contributed by atoms with Gasteiger partial charge in [0.25, 0.3) is 0 Å². The summed E-state index contributed by atoms with van der Waals surface area (Å²) in [5.41, 5.74) is 7.08. The van der Waals surface area contributed by atoms with Gasteiger partial charge in [-0.2, -0.15) is 0 Å². The second kappa shape index (κ2) is 6.51. The van der Waals surface area contributed by atoms with E-state index in [1.165, 1.54) is 0 Å². The highest BCUT2D eigenvalue weighted by Crippen LogP contribution is 2.18. The Balaban J connectivity index is 2.51. The summed E-state index contributed by atoms with van der Waals surface area (Å²) < 4.78 is 10.7. The van der Waals surface area contributed by atoms with Crippen molar-refractivity contribution in [1.29, 1.82) is 0 Å². The van der Waals surface area contributed by atoms with Crippen LogP contribution >= 0.6 is 0 Å². The van der Waals surface area contributed by atoms with Crippen molar-refractivity contribution in [3.8, 4) is 5.75 Å². The van der Waals surface area contributed by atoms with Crippen molar-refractivity contribution in [3.05, 3.63) is 29.8 Å². The van der Waals surface area contributed by atoms with E-state index in [0.717, 1.165) is 17.7 Å². The minimum Gasteiger partial charge on any atom is -0.491 e. The van der Waals surface area contributed by atoms with Crippen molar-refractivity contribution >= 4 is 0 Å². The number of nitrogens with two attached hydrogens (primary N) is 1. The summed E-state index contributed by atoms with van der Waals surface area (Å²) >= 11 is 0. The molecule has 3 heteroatoms. The zero-order valence-corrected chi connectivity index (χ0v) is 10.3. The average Bonchev–Trinajstić information content (AvgIpc) is 2.35. The average molecular weight is 223 g/mol. The second-order valence-corrected chi connectivity index (χ2v) is 3.94. The van der Waals surface area contributed by atoms with Gasteiger partial charge in [-0.1, -0.05) is 19.1 Å². The smallest absolute Gasteiger partial charge is 0.119 e. The number of hydrogen-bond acceptors (Lipinski definition) is 3. The van der Waals surface area contributed by atoms with Gasteiger partial charge in [-0.25, -0.2) is 0 Å². The Bertz CT molecular complexity index is 297. The van der Waals surface area contributed by atoms with E-state index < -0.39 is 0 Å². The number of rotatable bonds is 6. The van der Waals surface area contributed by atoms with Crippen LogP contribution in [0.3, 0.4) is 0 Å². The van der Waals surface area contributed by atoms with E-state index in [0.29, 0.717) is 6.61 Å². The van der Waals surface area contributed by atoms with Gasteiger partial charge in [0.05, 0.1) is 6.10 Å². The maximum Gasteiger partial charge on any atom is 0.119 e. The third-order valence-electron chi connectivity index (χ3n) is 2.64. The van der Waals surface area contributed by atoms with Crippen LogP contribution in [0.25, 0.3) is 0 Å². The molecular weight excluding hydrogens is 202 g/mol. The molecule has 0 saturated heterocycles. The maximum atomic E-state index is 5.93. The van der Waals surface area contributed by atoms with Gasteiger partial charge in [0.1, 0.15) is 12.4 Å². The summed E-state index contributed by atoms with van der Waals surface area (Å²) in [4.78, 5) is 0. The van der Waals surface area contributed by atoms with Crippen LogP contribution in [0.2, 0.25) is 0 Å². The minimum atomic E-state index is 0.109. The first-order valence-corrected chi connectivity index (χ1v) is 5.68. The first kappa shape index (κ1) is 13.0. The van der Waals surface area contributed by atoms with E-state index in [1.807, 2.05) is 31.2 Å². The van der Waals surface area contributed by atoms with Gasteiger partial charge < -0.3 is 15.2 Å². The van der Waals surface area contributed by atoms with Crippen LogP contribution in [0.15, 0.2) is 24.3 Å². The molecule has 0 aromatic heterocycles. The van der Waals surface area contributed by atoms with Crippen LogP contribution in [0.1, 0.15) is 31.9 Å². The van der Waals surface area contributed by atoms with Gasteiger partial charge in [-0.3, -0.25) is 0 Å². The lowest BCUT2D eigenvalue weighted by molar-refractivity contribution is 0.0716. The van der Waals surface area contributed by atoms with Crippen LogP contribution in [0.5, 0.6) is 5.75 Å². The van der Waals surface area contributed by atoms with Crippen molar-refractivity contribution < 1.29 is 9.47 Å². The Morgan fingerprint density at radius 3 is 2.38 bits per heavy atom. The largest absolute Gasteiger partial charge is 0.491 e. The summed E-state index contributed by atoms with van der Waals surface area (Å²) in [5.74, 6) is 0.857. The van der Waals surface area contributed by atoms with E-state index in [1.54, 1.807) is 7.11 Å². The van der Waals surface area contributed by atoms with Crippen molar-refractivity contribution in [3.63, 3.8) is 0 Å². The summed E-state index contributed by atoms with van der Waals surface area (Å²) in [6, 6.07) is 8.05. The molecule has 0 radical (unpaired) electrons. The molecule has 1 aromatic carbocycles. The summed E-state index contributed by atoms with van der Waals surface area (Å²) in [5, 5.41) is 0. The molecule has 0 aliphatic rings. The van der Waals surface area contributed by atoms with Crippen LogP contribution in [0, 0.1) is 0 Å².